The van der Waals surface area contributed by atoms with Crippen molar-refractivity contribution in [3.8, 4) is 0 Å². The minimum absolute atomic E-state index is 0.289. The van der Waals surface area contributed by atoms with Gasteiger partial charge in [-0.1, -0.05) is 11.2 Å². The van der Waals surface area contributed by atoms with Crippen LogP contribution in [0.4, 0.5) is 4.39 Å². The van der Waals surface area contributed by atoms with Crippen molar-refractivity contribution < 1.29 is 9.60 Å². The van der Waals surface area contributed by atoms with E-state index in [9.17, 15) is 4.39 Å². The summed E-state index contributed by atoms with van der Waals surface area (Å²) in [6, 6.07) is 7.71. The lowest BCUT2D eigenvalue weighted by Crippen LogP contribution is -1.88. The summed E-state index contributed by atoms with van der Waals surface area (Å²) in [6.07, 6.45) is 1.22. The molecule has 0 fully saturated rings. The highest BCUT2D eigenvalue weighted by Gasteiger charge is 1.97. The molecular formula is C10H7FN2O. The molecule has 0 bridgehead atoms. The van der Waals surface area contributed by atoms with E-state index in [1.807, 2.05) is 0 Å². The Hall–Kier alpha value is -1.97. The highest BCUT2D eigenvalue weighted by Crippen LogP contribution is 2.13. The lowest BCUT2D eigenvalue weighted by molar-refractivity contribution is 0.321. The van der Waals surface area contributed by atoms with Crippen LogP contribution in [0.15, 0.2) is 35.5 Å². The summed E-state index contributed by atoms with van der Waals surface area (Å²) < 4.78 is 12.8. The van der Waals surface area contributed by atoms with Crippen LogP contribution in [0.5, 0.6) is 0 Å². The van der Waals surface area contributed by atoms with Crippen molar-refractivity contribution in [2.45, 2.75) is 0 Å². The minimum Gasteiger partial charge on any atom is -0.411 e. The van der Waals surface area contributed by atoms with E-state index in [4.69, 9.17) is 5.21 Å². The van der Waals surface area contributed by atoms with E-state index < -0.39 is 0 Å². The molecule has 0 aliphatic rings. The van der Waals surface area contributed by atoms with Gasteiger partial charge in [0.25, 0.3) is 0 Å². The number of pyridine rings is 1. The van der Waals surface area contributed by atoms with Gasteiger partial charge in [0.1, 0.15) is 5.82 Å². The molecule has 0 aliphatic heterocycles. The van der Waals surface area contributed by atoms with Crippen LogP contribution in [0, 0.1) is 5.82 Å². The van der Waals surface area contributed by atoms with Gasteiger partial charge >= 0.3 is 0 Å². The second-order valence-corrected chi connectivity index (χ2v) is 2.82. The number of benzene rings is 1. The molecule has 0 saturated heterocycles. The first-order valence-corrected chi connectivity index (χ1v) is 4.03. The van der Waals surface area contributed by atoms with Gasteiger partial charge < -0.3 is 5.21 Å². The molecule has 1 N–H and O–H groups in total. The van der Waals surface area contributed by atoms with Crippen LogP contribution < -0.4 is 0 Å². The molecular weight excluding hydrogens is 183 g/mol. The fourth-order valence-corrected chi connectivity index (χ4v) is 1.24. The van der Waals surface area contributed by atoms with E-state index in [1.165, 1.54) is 18.3 Å². The van der Waals surface area contributed by atoms with Gasteiger partial charge in [0, 0.05) is 5.39 Å². The van der Waals surface area contributed by atoms with E-state index >= 15 is 0 Å². The monoisotopic (exact) mass is 190 g/mol. The van der Waals surface area contributed by atoms with Gasteiger partial charge in [-0.25, -0.2) is 9.37 Å². The predicted octanol–water partition coefficient (Wildman–Crippen LogP) is 2.18. The molecule has 1 aromatic heterocycles. The number of rotatable bonds is 1. The molecule has 2 rings (SSSR count). The summed E-state index contributed by atoms with van der Waals surface area (Å²) in [5.74, 6) is -0.289. The number of hydrogen-bond donors (Lipinski definition) is 1. The average molecular weight is 190 g/mol. The third kappa shape index (κ3) is 1.54. The Morgan fingerprint density at radius 2 is 2.14 bits per heavy atom. The van der Waals surface area contributed by atoms with Gasteiger partial charge in [-0.2, -0.15) is 0 Å². The summed E-state index contributed by atoms with van der Waals surface area (Å²) in [4.78, 5) is 4.13. The van der Waals surface area contributed by atoms with Crippen LogP contribution >= 0.6 is 0 Å². The fourth-order valence-electron chi connectivity index (χ4n) is 1.24. The Balaban J connectivity index is 2.61. The number of oxime groups is 1. The zero-order valence-corrected chi connectivity index (χ0v) is 7.18. The van der Waals surface area contributed by atoms with E-state index in [-0.39, 0.29) is 5.82 Å². The summed E-state index contributed by atoms with van der Waals surface area (Å²) in [5.41, 5.74) is 1.20. The van der Waals surface area contributed by atoms with Gasteiger partial charge in [-0.05, 0) is 24.3 Å². The topological polar surface area (TPSA) is 45.5 Å². The number of nitrogens with zero attached hydrogens (tertiary/aromatic N) is 2. The first-order valence-electron chi connectivity index (χ1n) is 4.03. The van der Waals surface area contributed by atoms with Gasteiger partial charge in [-0.3, -0.25) is 0 Å². The molecule has 4 heteroatoms. The van der Waals surface area contributed by atoms with Gasteiger partial charge in [0.15, 0.2) is 0 Å². The molecule has 0 atom stereocenters. The molecule has 0 spiro atoms. The Morgan fingerprint density at radius 1 is 1.29 bits per heavy atom. The molecule has 0 saturated carbocycles. The smallest absolute Gasteiger partial charge is 0.123 e. The summed E-state index contributed by atoms with van der Waals surface area (Å²) >= 11 is 0. The van der Waals surface area contributed by atoms with Gasteiger partial charge in [0.05, 0.1) is 17.4 Å². The Labute approximate surface area is 79.5 Å². The summed E-state index contributed by atoms with van der Waals surface area (Å²) in [6.45, 7) is 0. The maximum atomic E-state index is 12.8. The number of fused-ring (bicyclic) bond motifs is 1. The SMILES string of the molecule is O/N=C/c1ccc2cc(F)ccc2n1. The normalized spacial score (nSPS) is 11.2. The average Bonchev–Trinajstić information content (AvgIpc) is 2.19. The molecule has 2 aromatic rings. The van der Waals surface area contributed by atoms with Crippen molar-refractivity contribution in [1.82, 2.24) is 4.98 Å². The van der Waals surface area contributed by atoms with E-state index in [2.05, 4.69) is 10.1 Å². The van der Waals surface area contributed by atoms with Crippen molar-refractivity contribution >= 4 is 17.1 Å². The molecule has 0 radical (unpaired) electrons. The fraction of sp³-hybridized carbons (Fsp3) is 0. The zero-order valence-electron chi connectivity index (χ0n) is 7.18. The second kappa shape index (κ2) is 3.41. The van der Waals surface area contributed by atoms with Crippen LogP contribution in [-0.4, -0.2) is 16.4 Å². The molecule has 0 unspecified atom stereocenters. The summed E-state index contributed by atoms with van der Waals surface area (Å²) in [5, 5.41) is 11.9. The molecule has 14 heavy (non-hydrogen) atoms. The Morgan fingerprint density at radius 3 is 2.93 bits per heavy atom. The Bertz CT molecular complexity index is 496. The van der Waals surface area contributed by atoms with Crippen molar-refractivity contribution in [2.24, 2.45) is 5.16 Å². The van der Waals surface area contributed by atoms with Crippen LogP contribution in [0.3, 0.4) is 0 Å². The summed E-state index contributed by atoms with van der Waals surface area (Å²) in [7, 11) is 0. The lowest BCUT2D eigenvalue weighted by Gasteiger charge is -1.97. The third-order valence-electron chi connectivity index (χ3n) is 1.86. The Kier molecular flexibility index (Phi) is 2.10. The minimum atomic E-state index is -0.289. The van der Waals surface area contributed by atoms with E-state index in [0.29, 0.717) is 11.2 Å². The predicted molar refractivity (Wildman–Crippen MR) is 51.1 cm³/mol. The van der Waals surface area contributed by atoms with Crippen LogP contribution in [0.2, 0.25) is 0 Å². The molecule has 1 heterocycles. The van der Waals surface area contributed by atoms with Crippen molar-refractivity contribution in [2.75, 3.05) is 0 Å². The van der Waals surface area contributed by atoms with Crippen LogP contribution in [0.25, 0.3) is 10.9 Å². The quantitative estimate of drug-likeness (QED) is 0.425. The lowest BCUT2D eigenvalue weighted by atomic mass is 10.2. The van der Waals surface area contributed by atoms with Crippen molar-refractivity contribution in [1.29, 1.82) is 0 Å². The zero-order chi connectivity index (χ0) is 9.97. The van der Waals surface area contributed by atoms with Crippen molar-refractivity contribution in [3.63, 3.8) is 0 Å². The van der Waals surface area contributed by atoms with E-state index in [0.717, 1.165) is 5.39 Å². The third-order valence-corrected chi connectivity index (χ3v) is 1.86. The molecule has 0 aliphatic carbocycles. The second-order valence-electron chi connectivity index (χ2n) is 2.82. The van der Waals surface area contributed by atoms with Gasteiger partial charge in [-0.15, -0.1) is 0 Å². The van der Waals surface area contributed by atoms with Crippen LogP contribution in [0.1, 0.15) is 5.69 Å². The number of halogens is 1. The van der Waals surface area contributed by atoms with Gasteiger partial charge in [0.2, 0.25) is 0 Å². The highest BCUT2D eigenvalue weighted by atomic mass is 19.1. The van der Waals surface area contributed by atoms with Crippen molar-refractivity contribution in [3.05, 3.63) is 41.8 Å². The molecule has 70 valence electrons. The first-order chi connectivity index (χ1) is 6.79. The van der Waals surface area contributed by atoms with Crippen LogP contribution in [-0.2, 0) is 0 Å². The maximum Gasteiger partial charge on any atom is 0.123 e. The first kappa shape index (κ1) is 8.62. The standard InChI is InChI=1S/C10H7FN2O/c11-8-2-4-10-7(5-8)1-3-9(13-10)6-12-14/h1-6,14H/b12-6+. The molecule has 3 nitrogen and oxygen atoms in total. The molecule has 0 amide bonds. The molecule has 1 aromatic carbocycles. The number of aromatic nitrogens is 1. The highest BCUT2D eigenvalue weighted by molar-refractivity contribution is 5.84. The van der Waals surface area contributed by atoms with E-state index in [1.54, 1.807) is 18.2 Å². The maximum absolute atomic E-state index is 12.8. The number of hydrogen-bond acceptors (Lipinski definition) is 3. The largest absolute Gasteiger partial charge is 0.411 e.